The Morgan fingerprint density at radius 2 is 1.88 bits per heavy atom. The van der Waals surface area contributed by atoms with Gasteiger partial charge in [0, 0.05) is 22.9 Å². The number of methoxy groups -OCH3 is 1. The molecule has 0 heterocycles. The van der Waals surface area contributed by atoms with Crippen molar-refractivity contribution in [2.45, 2.75) is 6.42 Å². The van der Waals surface area contributed by atoms with Crippen LogP contribution >= 0.6 is 15.9 Å². The van der Waals surface area contributed by atoms with Crippen molar-refractivity contribution >= 4 is 27.5 Å². The Kier molecular flexibility index (Phi) is 7.05. The van der Waals surface area contributed by atoms with Crippen molar-refractivity contribution < 1.29 is 9.53 Å². The largest absolute Gasteiger partial charge is 0.497 e. The summed E-state index contributed by atoms with van der Waals surface area (Å²) in [6, 6.07) is 16.8. The van der Waals surface area contributed by atoms with Crippen LogP contribution in [0.1, 0.15) is 5.56 Å². The molecule has 25 heavy (non-hydrogen) atoms. The van der Waals surface area contributed by atoms with Crippen LogP contribution in [0.5, 0.6) is 5.75 Å². The first-order valence-electron chi connectivity index (χ1n) is 7.66. The maximum Gasteiger partial charge on any atom is 0.267 e. The van der Waals surface area contributed by atoms with Gasteiger partial charge in [0.05, 0.1) is 7.11 Å². The van der Waals surface area contributed by atoms with E-state index < -0.39 is 5.91 Å². The SMILES string of the molecule is COc1ccc(NC(=O)/C(C#N)=C\NCCc2ccc(Br)cc2)cc1. The van der Waals surface area contributed by atoms with Crippen LogP contribution in [-0.4, -0.2) is 19.6 Å². The van der Waals surface area contributed by atoms with Gasteiger partial charge in [-0.3, -0.25) is 4.79 Å². The quantitative estimate of drug-likeness (QED) is 0.423. The van der Waals surface area contributed by atoms with Crippen LogP contribution in [0.3, 0.4) is 0 Å². The molecule has 2 aromatic carbocycles. The minimum atomic E-state index is -0.455. The molecule has 0 bridgehead atoms. The number of nitrogens with one attached hydrogen (secondary N) is 2. The van der Waals surface area contributed by atoms with Crippen LogP contribution in [0.2, 0.25) is 0 Å². The Bertz CT molecular complexity index is 778. The fourth-order valence-corrected chi connectivity index (χ4v) is 2.33. The van der Waals surface area contributed by atoms with Crippen LogP contribution < -0.4 is 15.4 Å². The van der Waals surface area contributed by atoms with E-state index in [2.05, 4.69) is 26.6 Å². The van der Waals surface area contributed by atoms with Gasteiger partial charge >= 0.3 is 0 Å². The molecule has 0 unspecified atom stereocenters. The third-order valence-electron chi connectivity index (χ3n) is 3.43. The average Bonchev–Trinajstić information content (AvgIpc) is 2.64. The molecule has 128 valence electrons. The van der Waals surface area contributed by atoms with Crippen molar-refractivity contribution in [2.75, 3.05) is 19.0 Å². The van der Waals surface area contributed by atoms with E-state index in [0.717, 1.165) is 10.9 Å². The van der Waals surface area contributed by atoms with E-state index >= 15 is 0 Å². The number of carbonyl (C=O) groups is 1. The Hall–Kier alpha value is -2.78. The lowest BCUT2D eigenvalue weighted by atomic mass is 10.1. The molecule has 0 radical (unpaired) electrons. The number of hydrogen-bond donors (Lipinski definition) is 2. The fourth-order valence-electron chi connectivity index (χ4n) is 2.06. The average molecular weight is 400 g/mol. The molecular formula is C19H18BrN3O2. The first-order valence-corrected chi connectivity index (χ1v) is 8.45. The number of halogens is 1. The first kappa shape index (κ1) is 18.6. The van der Waals surface area contributed by atoms with Crippen LogP contribution in [0.25, 0.3) is 0 Å². The Morgan fingerprint density at radius 3 is 2.48 bits per heavy atom. The fraction of sp³-hybridized carbons (Fsp3) is 0.158. The molecular weight excluding hydrogens is 382 g/mol. The van der Waals surface area contributed by atoms with Gasteiger partial charge in [0.2, 0.25) is 0 Å². The highest BCUT2D eigenvalue weighted by Crippen LogP contribution is 2.15. The van der Waals surface area contributed by atoms with Gasteiger partial charge in [-0.2, -0.15) is 5.26 Å². The number of hydrogen-bond acceptors (Lipinski definition) is 4. The molecule has 6 heteroatoms. The summed E-state index contributed by atoms with van der Waals surface area (Å²) < 4.78 is 6.10. The molecule has 0 aliphatic rings. The molecule has 2 rings (SSSR count). The van der Waals surface area contributed by atoms with Crippen molar-refractivity contribution in [2.24, 2.45) is 0 Å². The Morgan fingerprint density at radius 1 is 1.20 bits per heavy atom. The zero-order valence-electron chi connectivity index (χ0n) is 13.8. The first-order chi connectivity index (χ1) is 12.1. The third kappa shape index (κ3) is 5.98. The van der Waals surface area contributed by atoms with E-state index in [9.17, 15) is 4.79 Å². The minimum Gasteiger partial charge on any atom is -0.497 e. The van der Waals surface area contributed by atoms with Gasteiger partial charge < -0.3 is 15.4 Å². The maximum absolute atomic E-state index is 12.1. The zero-order valence-corrected chi connectivity index (χ0v) is 15.3. The molecule has 0 aliphatic heterocycles. The lowest BCUT2D eigenvalue weighted by Gasteiger charge is -2.06. The molecule has 0 atom stereocenters. The van der Waals surface area contributed by atoms with Gasteiger partial charge in [-0.05, 0) is 48.4 Å². The molecule has 0 aromatic heterocycles. The van der Waals surface area contributed by atoms with Gasteiger partial charge in [0.25, 0.3) is 5.91 Å². The van der Waals surface area contributed by atoms with Gasteiger partial charge in [0.15, 0.2) is 0 Å². The van der Waals surface area contributed by atoms with E-state index in [4.69, 9.17) is 10.00 Å². The summed E-state index contributed by atoms with van der Waals surface area (Å²) in [5, 5.41) is 14.8. The second kappa shape index (κ2) is 9.50. The number of ether oxygens (including phenoxy) is 1. The van der Waals surface area contributed by atoms with E-state index in [-0.39, 0.29) is 5.57 Å². The third-order valence-corrected chi connectivity index (χ3v) is 3.96. The molecule has 2 N–H and O–H groups in total. The molecule has 0 aliphatic carbocycles. The van der Waals surface area contributed by atoms with Crippen molar-refractivity contribution in [3.63, 3.8) is 0 Å². The normalized spacial score (nSPS) is 10.7. The van der Waals surface area contributed by atoms with Crippen LogP contribution in [0, 0.1) is 11.3 Å². The molecule has 0 spiro atoms. The highest BCUT2D eigenvalue weighted by atomic mass is 79.9. The monoisotopic (exact) mass is 399 g/mol. The van der Waals surface area contributed by atoms with Gasteiger partial charge in [-0.1, -0.05) is 28.1 Å². The topological polar surface area (TPSA) is 74.1 Å². The van der Waals surface area contributed by atoms with Crippen LogP contribution in [-0.2, 0) is 11.2 Å². The standard InChI is InChI=1S/C19H18BrN3O2/c1-25-18-8-6-17(7-9-18)23-19(24)15(12-21)13-22-11-10-14-2-4-16(20)5-3-14/h2-9,13,22H,10-11H2,1H3,(H,23,24)/b15-13-. The van der Waals surface area contributed by atoms with Gasteiger partial charge in [-0.25, -0.2) is 0 Å². The second-order valence-electron chi connectivity index (χ2n) is 5.18. The van der Waals surface area contributed by atoms with E-state index in [0.29, 0.717) is 18.0 Å². The summed E-state index contributed by atoms with van der Waals surface area (Å²) in [4.78, 5) is 12.1. The Balaban J connectivity index is 1.86. The molecule has 5 nitrogen and oxygen atoms in total. The van der Waals surface area contributed by atoms with Crippen molar-refractivity contribution in [1.29, 1.82) is 5.26 Å². The van der Waals surface area contributed by atoms with Crippen molar-refractivity contribution in [1.82, 2.24) is 5.32 Å². The predicted molar refractivity (Wildman–Crippen MR) is 101 cm³/mol. The summed E-state index contributed by atoms with van der Waals surface area (Å²) in [6.45, 7) is 0.628. The predicted octanol–water partition coefficient (Wildman–Crippen LogP) is 3.64. The van der Waals surface area contributed by atoms with E-state index in [1.807, 2.05) is 30.3 Å². The molecule has 1 amide bonds. The van der Waals surface area contributed by atoms with Crippen molar-refractivity contribution in [3.8, 4) is 11.8 Å². The Labute approximate surface area is 155 Å². The molecule has 2 aromatic rings. The number of nitriles is 1. The lowest BCUT2D eigenvalue weighted by Crippen LogP contribution is -2.18. The van der Waals surface area contributed by atoms with Crippen LogP contribution in [0.15, 0.2) is 64.8 Å². The number of benzene rings is 2. The summed E-state index contributed by atoms with van der Waals surface area (Å²) >= 11 is 3.39. The highest BCUT2D eigenvalue weighted by molar-refractivity contribution is 9.10. The summed E-state index contributed by atoms with van der Waals surface area (Å²) in [5.41, 5.74) is 1.79. The maximum atomic E-state index is 12.1. The molecule has 0 fully saturated rings. The van der Waals surface area contributed by atoms with Crippen molar-refractivity contribution in [3.05, 3.63) is 70.3 Å². The summed E-state index contributed by atoms with van der Waals surface area (Å²) in [7, 11) is 1.57. The summed E-state index contributed by atoms with van der Waals surface area (Å²) in [6.07, 6.45) is 2.24. The van der Waals surface area contributed by atoms with E-state index in [1.165, 1.54) is 11.8 Å². The number of carbonyl (C=O) groups excluding carboxylic acids is 1. The number of amides is 1. The zero-order chi connectivity index (χ0) is 18.1. The van der Waals surface area contributed by atoms with Gasteiger partial charge in [-0.15, -0.1) is 0 Å². The number of rotatable bonds is 7. The summed E-state index contributed by atoms with van der Waals surface area (Å²) in [5.74, 6) is 0.243. The smallest absolute Gasteiger partial charge is 0.267 e. The number of anilines is 1. The second-order valence-corrected chi connectivity index (χ2v) is 6.10. The minimum absolute atomic E-state index is 0.0200. The number of nitrogens with zero attached hydrogens (tertiary/aromatic N) is 1. The molecule has 0 saturated carbocycles. The highest BCUT2D eigenvalue weighted by Gasteiger charge is 2.09. The van der Waals surface area contributed by atoms with Gasteiger partial charge in [0.1, 0.15) is 17.4 Å². The van der Waals surface area contributed by atoms with Crippen LogP contribution in [0.4, 0.5) is 5.69 Å². The lowest BCUT2D eigenvalue weighted by molar-refractivity contribution is -0.112. The van der Waals surface area contributed by atoms with E-state index in [1.54, 1.807) is 31.4 Å². The molecule has 0 saturated heterocycles.